The minimum Gasteiger partial charge on any atom is -0.336 e. The highest BCUT2D eigenvalue weighted by Crippen LogP contribution is 2.47. The lowest BCUT2D eigenvalue weighted by molar-refractivity contribution is -0.159. The number of anilines is 1. The van der Waals surface area contributed by atoms with Gasteiger partial charge in [-0.05, 0) is 37.3 Å². The summed E-state index contributed by atoms with van der Waals surface area (Å²) in [5.74, 6) is -3.25. The molecule has 1 spiro atoms. The monoisotopic (exact) mass is 349 g/mol. The van der Waals surface area contributed by atoms with Gasteiger partial charge in [-0.25, -0.2) is 8.78 Å². The van der Waals surface area contributed by atoms with Crippen molar-refractivity contribution in [3.05, 3.63) is 24.5 Å². The maximum atomic E-state index is 14.4. The Bertz CT molecular complexity index is 693. The second-order valence-electron chi connectivity index (χ2n) is 7.63. The topological polar surface area (TPSA) is 53.5 Å². The number of aromatic nitrogens is 1. The average Bonchev–Trinajstić information content (AvgIpc) is 3.33. The Morgan fingerprint density at radius 2 is 2.12 bits per heavy atom. The van der Waals surface area contributed by atoms with Crippen LogP contribution < -0.4 is 4.90 Å². The first-order chi connectivity index (χ1) is 11.9. The Balaban J connectivity index is 1.57. The molecular formula is C18H21F2N3O2. The molecule has 4 rings (SSSR count). The van der Waals surface area contributed by atoms with Crippen LogP contribution in [0, 0.1) is 11.3 Å². The minimum atomic E-state index is -3.03. The first-order valence-corrected chi connectivity index (χ1v) is 8.76. The Morgan fingerprint density at radius 3 is 2.80 bits per heavy atom. The van der Waals surface area contributed by atoms with E-state index in [2.05, 4.69) is 4.98 Å². The number of hydrogen-bond donors (Lipinski definition) is 0. The van der Waals surface area contributed by atoms with Crippen molar-refractivity contribution in [2.45, 2.75) is 38.0 Å². The largest absolute Gasteiger partial charge is 0.336 e. The van der Waals surface area contributed by atoms with E-state index in [1.807, 2.05) is 0 Å². The third-order valence-corrected chi connectivity index (χ3v) is 5.50. The van der Waals surface area contributed by atoms with E-state index in [1.54, 1.807) is 24.5 Å². The molecule has 1 aromatic rings. The summed E-state index contributed by atoms with van der Waals surface area (Å²) >= 11 is 0. The highest BCUT2D eigenvalue weighted by atomic mass is 19.3. The zero-order chi connectivity index (χ0) is 17.7. The fourth-order valence-corrected chi connectivity index (χ4v) is 4.07. The normalized spacial score (nSPS) is 28.6. The number of carbonyl (C=O) groups is 2. The molecule has 5 nitrogen and oxygen atoms in total. The van der Waals surface area contributed by atoms with Gasteiger partial charge in [0.15, 0.2) is 0 Å². The molecule has 1 atom stereocenters. The first kappa shape index (κ1) is 16.4. The van der Waals surface area contributed by atoms with Crippen LogP contribution in [0.3, 0.4) is 0 Å². The number of carbonyl (C=O) groups excluding carboxylic acids is 2. The molecule has 2 amide bonds. The van der Waals surface area contributed by atoms with Crippen molar-refractivity contribution in [3.8, 4) is 0 Å². The maximum absolute atomic E-state index is 14.4. The third kappa shape index (κ3) is 3.12. The number of amides is 2. The Hall–Kier alpha value is -2.05. The summed E-state index contributed by atoms with van der Waals surface area (Å²) in [6.45, 7) is -0.0878. The highest BCUT2D eigenvalue weighted by molar-refractivity contribution is 6.00. The number of pyridine rings is 1. The lowest BCUT2D eigenvalue weighted by Gasteiger charge is -2.43. The van der Waals surface area contributed by atoms with E-state index in [-0.39, 0.29) is 18.4 Å². The van der Waals surface area contributed by atoms with Crippen molar-refractivity contribution in [1.29, 1.82) is 0 Å². The first-order valence-electron chi connectivity index (χ1n) is 8.76. The quantitative estimate of drug-likeness (QED) is 0.842. The van der Waals surface area contributed by atoms with E-state index in [0.717, 1.165) is 12.8 Å². The fourth-order valence-electron chi connectivity index (χ4n) is 4.07. The standard InChI is InChI=1S/C18H21F2N3O2/c19-18(20)10-17(11-22(12-18)15(24)8-13-3-4-13)5-7-23(16(17)25)14-2-1-6-21-9-14/h1-2,6,9,13H,3-5,7-8,10-12H2/t17-/m0/s1. The Morgan fingerprint density at radius 1 is 1.32 bits per heavy atom. The molecule has 1 aliphatic carbocycles. The molecule has 0 radical (unpaired) electrons. The van der Waals surface area contributed by atoms with E-state index >= 15 is 0 Å². The molecule has 0 N–H and O–H groups in total. The van der Waals surface area contributed by atoms with Crippen LogP contribution in [-0.4, -0.2) is 47.3 Å². The van der Waals surface area contributed by atoms with Gasteiger partial charge in [-0.15, -0.1) is 0 Å². The van der Waals surface area contributed by atoms with Gasteiger partial charge in [-0.3, -0.25) is 14.6 Å². The van der Waals surface area contributed by atoms with Crippen LogP contribution in [-0.2, 0) is 9.59 Å². The second-order valence-corrected chi connectivity index (χ2v) is 7.63. The minimum absolute atomic E-state index is 0.101. The van der Waals surface area contributed by atoms with Gasteiger partial charge in [0, 0.05) is 32.1 Å². The molecule has 3 heterocycles. The molecule has 0 bridgehead atoms. The zero-order valence-corrected chi connectivity index (χ0v) is 14.0. The maximum Gasteiger partial charge on any atom is 0.266 e. The van der Waals surface area contributed by atoms with Crippen LogP contribution in [0.4, 0.5) is 14.5 Å². The molecule has 0 unspecified atom stereocenters. The van der Waals surface area contributed by atoms with Crippen LogP contribution in [0.15, 0.2) is 24.5 Å². The smallest absolute Gasteiger partial charge is 0.266 e. The zero-order valence-electron chi connectivity index (χ0n) is 14.0. The number of piperidine rings is 1. The van der Waals surface area contributed by atoms with Gasteiger partial charge in [-0.2, -0.15) is 0 Å². The molecule has 2 saturated heterocycles. The van der Waals surface area contributed by atoms with Gasteiger partial charge in [0.05, 0.1) is 23.8 Å². The summed E-state index contributed by atoms with van der Waals surface area (Å²) in [7, 11) is 0. The summed E-state index contributed by atoms with van der Waals surface area (Å²) in [5.41, 5.74) is -0.564. The number of rotatable bonds is 3. The fraction of sp³-hybridized carbons (Fsp3) is 0.611. The summed E-state index contributed by atoms with van der Waals surface area (Å²) < 4.78 is 28.8. The van der Waals surface area contributed by atoms with E-state index in [1.165, 1.54) is 9.80 Å². The van der Waals surface area contributed by atoms with Gasteiger partial charge in [0.1, 0.15) is 0 Å². The molecule has 25 heavy (non-hydrogen) atoms. The van der Waals surface area contributed by atoms with E-state index in [9.17, 15) is 18.4 Å². The number of likely N-dealkylation sites (tertiary alicyclic amines) is 1. The predicted octanol–water partition coefficient (Wildman–Crippen LogP) is 2.47. The lowest BCUT2D eigenvalue weighted by Crippen LogP contribution is -2.57. The van der Waals surface area contributed by atoms with E-state index < -0.39 is 24.3 Å². The number of halogens is 2. The van der Waals surface area contributed by atoms with Gasteiger partial charge < -0.3 is 9.80 Å². The molecule has 3 fully saturated rings. The van der Waals surface area contributed by atoms with Crippen molar-refractivity contribution < 1.29 is 18.4 Å². The summed E-state index contributed by atoms with van der Waals surface area (Å²) in [4.78, 5) is 32.1. The predicted molar refractivity (Wildman–Crippen MR) is 87.1 cm³/mol. The number of alkyl halides is 2. The van der Waals surface area contributed by atoms with Gasteiger partial charge >= 0.3 is 0 Å². The van der Waals surface area contributed by atoms with Crippen LogP contribution in [0.2, 0.25) is 0 Å². The third-order valence-electron chi connectivity index (χ3n) is 5.50. The van der Waals surface area contributed by atoms with Crippen LogP contribution in [0.25, 0.3) is 0 Å². The highest BCUT2D eigenvalue weighted by Gasteiger charge is 2.58. The van der Waals surface area contributed by atoms with Crippen molar-refractivity contribution in [2.24, 2.45) is 11.3 Å². The Labute approximate surface area is 145 Å². The van der Waals surface area contributed by atoms with Gasteiger partial charge in [0.2, 0.25) is 11.8 Å². The lowest BCUT2D eigenvalue weighted by atomic mass is 9.76. The summed E-state index contributed by atoms with van der Waals surface area (Å²) in [6.07, 6.45) is 5.34. The SMILES string of the molecule is O=C(CC1CC1)N1CC(F)(F)C[C@@]2(CCN(c3cccnc3)C2=O)C1. The molecule has 3 aliphatic rings. The summed E-state index contributed by atoms with van der Waals surface area (Å²) in [5, 5.41) is 0. The van der Waals surface area contributed by atoms with Gasteiger partial charge in [-0.1, -0.05) is 0 Å². The van der Waals surface area contributed by atoms with Crippen LogP contribution in [0.1, 0.15) is 32.1 Å². The Kier molecular flexibility index (Phi) is 3.77. The van der Waals surface area contributed by atoms with Crippen LogP contribution >= 0.6 is 0 Å². The average molecular weight is 349 g/mol. The van der Waals surface area contributed by atoms with E-state index in [0.29, 0.717) is 31.0 Å². The number of hydrogen-bond acceptors (Lipinski definition) is 3. The molecule has 2 aliphatic heterocycles. The van der Waals surface area contributed by atoms with Crippen molar-refractivity contribution in [1.82, 2.24) is 9.88 Å². The van der Waals surface area contributed by atoms with E-state index in [4.69, 9.17) is 0 Å². The number of nitrogens with zero attached hydrogens (tertiary/aromatic N) is 3. The second kappa shape index (κ2) is 5.75. The van der Waals surface area contributed by atoms with Crippen molar-refractivity contribution in [2.75, 3.05) is 24.5 Å². The molecule has 0 aromatic carbocycles. The summed E-state index contributed by atoms with van der Waals surface area (Å²) in [6, 6.07) is 3.47. The molecule has 134 valence electrons. The van der Waals surface area contributed by atoms with Crippen LogP contribution in [0.5, 0.6) is 0 Å². The van der Waals surface area contributed by atoms with Crippen molar-refractivity contribution >= 4 is 17.5 Å². The molecule has 1 aromatic heterocycles. The molecular weight excluding hydrogens is 328 g/mol. The molecule has 7 heteroatoms. The molecule has 1 saturated carbocycles. The van der Waals surface area contributed by atoms with Gasteiger partial charge in [0.25, 0.3) is 5.92 Å². The van der Waals surface area contributed by atoms with Crippen molar-refractivity contribution in [3.63, 3.8) is 0 Å².